The van der Waals surface area contributed by atoms with Gasteiger partial charge in [0.25, 0.3) is 0 Å². The van der Waals surface area contributed by atoms with Crippen LogP contribution in [-0.2, 0) is 6.54 Å². The predicted octanol–water partition coefficient (Wildman–Crippen LogP) is 2.81. The van der Waals surface area contributed by atoms with E-state index in [-0.39, 0.29) is 10.8 Å². The molecule has 2 heterocycles. The van der Waals surface area contributed by atoms with Crippen LogP contribution >= 0.6 is 11.6 Å². The molecule has 0 aromatic heterocycles. The minimum Gasteiger partial charge on any atom is -0.308 e. The number of rotatable bonds is 3. The van der Waals surface area contributed by atoms with Gasteiger partial charge in [0.15, 0.2) is 0 Å². The average molecular weight is 269 g/mol. The molecule has 2 aliphatic heterocycles. The number of nitrogens with one attached hydrogen (secondary N) is 1. The van der Waals surface area contributed by atoms with Crippen molar-refractivity contribution in [3.63, 3.8) is 0 Å². The molecule has 1 N–H and O–H groups in total. The molecule has 2 atom stereocenters. The van der Waals surface area contributed by atoms with Gasteiger partial charge in [-0.25, -0.2) is 4.39 Å². The summed E-state index contributed by atoms with van der Waals surface area (Å²) in [5.41, 5.74) is 0.666. The molecular formula is C14H18ClFN2. The molecule has 2 saturated heterocycles. The second-order valence-electron chi connectivity index (χ2n) is 5.23. The molecule has 4 heteroatoms. The first-order valence-corrected chi connectivity index (χ1v) is 7.04. The van der Waals surface area contributed by atoms with Gasteiger partial charge >= 0.3 is 0 Å². The number of fused-ring (bicyclic) bond motifs is 1. The maximum Gasteiger partial charge on any atom is 0.146 e. The molecule has 1 aromatic carbocycles. The summed E-state index contributed by atoms with van der Waals surface area (Å²) in [6.07, 6.45) is 3.75. The summed E-state index contributed by atoms with van der Waals surface area (Å²) in [6.45, 7) is 2.98. The first-order valence-electron chi connectivity index (χ1n) is 6.66. The van der Waals surface area contributed by atoms with Gasteiger partial charge in [-0.05, 0) is 31.9 Å². The fraction of sp³-hybridized carbons (Fsp3) is 0.571. The monoisotopic (exact) mass is 268 g/mol. The summed E-state index contributed by atoms with van der Waals surface area (Å²) in [6, 6.07) is 6.36. The molecule has 18 heavy (non-hydrogen) atoms. The average Bonchev–Trinajstić information content (AvgIpc) is 2.94. The standard InChI is InChI=1S/C14H18ClFN2/c15-11-4-1-3-10(14(11)16)9-17-12-6-8-18-7-2-5-13(12)18/h1,3-4,12-13,17H,2,5-9H2. The first kappa shape index (κ1) is 12.4. The van der Waals surface area contributed by atoms with Gasteiger partial charge in [0.1, 0.15) is 5.82 Å². The number of nitrogens with zero attached hydrogens (tertiary/aromatic N) is 1. The van der Waals surface area contributed by atoms with Crippen LogP contribution < -0.4 is 5.32 Å². The van der Waals surface area contributed by atoms with Gasteiger partial charge in [0, 0.05) is 30.7 Å². The fourth-order valence-electron chi connectivity index (χ4n) is 3.25. The smallest absolute Gasteiger partial charge is 0.146 e. The molecule has 0 saturated carbocycles. The lowest BCUT2D eigenvalue weighted by molar-refractivity contribution is 0.298. The van der Waals surface area contributed by atoms with Gasteiger partial charge < -0.3 is 5.32 Å². The molecule has 98 valence electrons. The van der Waals surface area contributed by atoms with E-state index >= 15 is 0 Å². The van der Waals surface area contributed by atoms with E-state index in [2.05, 4.69) is 10.2 Å². The van der Waals surface area contributed by atoms with Crippen molar-refractivity contribution >= 4 is 11.6 Å². The summed E-state index contributed by atoms with van der Waals surface area (Å²) in [5.74, 6) is -0.284. The Bertz CT molecular complexity index is 438. The van der Waals surface area contributed by atoms with Crippen molar-refractivity contribution in [2.45, 2.75) is 37.9 Å². The number of halogens is 2. The fourth-order valence-corrected chi connectivity index (χ4v) is 3.44. The Labute approximate surface area is 112 Å². The van der Waals surface area contributed by atoms with Crippen molar-refractivity contribution in [2.24, 2.45) is 0 Å². The molecule has 0 amide bonds. The van der Waals surface area contributed by atoms with Gasteiger partial charge in [-0.15, -0.1) is 0 Å². The van der Waals surface area contributed by atoms with Crippen LogP contribution in [-0.4, -0.2) is 30.1 Å². The molecule has 0 aliphatic carbocycles. The van der Waals surface area contributed by atoms with Crippen LogP contribution in [0.25, 0.3) is 0 Å². The third-order valence-corrected chi connectivity index (χ3v) is 4.48. The van der Waals surface area contributed by atoms with E-state index in [0.29, 0.717) is 24.2 Å². The van der Waals surface area contributed by atoms with Crippen molar-refractivity contribution < 1.29 is 4.39 Å². The predicted molar refractivity (Wildman–Crippen MR) is 71.2 cm³/mol. The summed E-state index contributed by atoms with van der Waals surface area (Å²) in [5, 5.41) is 3.71. The van der Waals surface area contributed by atoms with Crippen molar-refractivity contribution in [1.82, 2.24) is 10.2 Å². The number of hydrogen-bond donors (Lipinski definition) is 1. The van der Waals surface area contributed by atoms with E-state index in [1.807, 2.05) is 0 Å². The Balaban J connectivity index is 1.63. The normalized spacial score (nSPS) is 27.7. The highest BCUT2D eigenvalue weighted by Crippen LogP contribution is 2.28. The Hall–Kier alpha value is -0.640. The molecule has 0 radical (unpaired) electrons. The van der Waals surface area contributed by atoms with Crippen molar-refractivity contribution in [3.05, 3.63) is 34.6 Å². The van der Waals surface area contributed by atoms with Crippen LogP contribution in [0.2, 0.25) is 5.02 Å². The SMILES string of the molecule is Fc1c(Cl)cccc1CNC1CCN2CCCC12. The molecule has 3 rings (SSSR count). The zero-order chi connectivity index (χ0) is 12.5. The highest BCUT2D eigenvalue weighted by molar-refractivity contribution is 6.30. The first-order chi connectivity index (χ1) is 8.75. The largest absolute Gasteiger partial charge is 0.308 e. The van der Waals surface area contributed by atoms with Crippen LogP contribution in [0, 0.1) is 5.82 Å². The topological polar surface area (TPSA) is 15.3 Å². The third kappa shape index (κ3) is 2.27. The molecule has 0 spiro atoms. The van der Waals surface area contributed by atoms with Gasteiger partial charge in [-0.2, -0.15) is 0 Å². The molecule has 2 unspecified atom stereocenters. The second-order valence-corrected chi connectivity index (χ2v) is 5.64. The van der Waals surface area contributed by atoms with E-state index in [4.69, 9.17) is 11.6 Å². The Kier molecular flexibility index (Phi) is 3.55. The minimum atomic E-state index is -0.284. The summed E-state index contributed by atoms with van der Waals surface area (Å²) >= 11 is 5.79. The molecule has 2 aliphatic rings. The van der Waals surface area contributed by atoms with Crippen LogP contribution in [0.5, 0.6) is 0 Å². The zero-order valence-corrected chi connectivity index (χ0v) is 11.1. The van der Waals surface area contributed by atoms with Crippen LogP contribution in [0.15, 0.2) is 18.2 Å². The van der Waals surface area contributed by atoms with E-state index < -0.39 is 0 Å². The van der Waals surface area contributed by atoms with Crippen LogP contribution in [0.1, 0.15) is 24.8 Å². The lowest BCUT2D eigenvalue weighted by atomic mass is 10.1. The second kappa shape index (κ2) is 5.16. The van der Waals surface area contributed by atoms with Crippen LogP contribution in [0.4, 0.5) is 4.39 Å². The van der Waals surface area contributed by atoms with Gasteiger partial charge in [0.05, 0.1) is 5.02 Å². The molecule has 0 bridgehead atoms. The Morgan fingerprint density at radius 1 is 1.33 bits per heavy atom. The summed E-state index contributed by atoms with van der Waals surface area (Å²) in [7, 11) is 0. The highest BCUT2D eigenvalue weighted by atomic mass is 35.5. The molecule has 1 aromatic rings. The molecule has 2 nitrogen and oxygen atoms in total. The van der Waals surface area contributed by atoms with Gasteiger partial charge in [-0.1, -0.05) is 23.7 Å². The lowest BCUT2D eigenvalue weighted by Crippen LogP contribution is -2.38. The highest BCUT2D eigenvalue weighted by Gasteiger charge is 2.36. The Morgan fingerprint density at radius 3 is 3.11 bits per heavy atom. The van der Waals surface area contributed by atoms with Gasteiger partial charge in [0.2, 0.25) is 0 Å². The van der Waals surface area contributed by atoms with E-state index in [9.17, 15) is 4.39 Å². The summed E-state index contributed by atoms with van der Waals surface area (Å²) in [4.78, 5) is 2.55. The minimum absolute atomic E-state index is 0.211. The number of benzene rings is 1. The van der Waals surface area contributed by atoms with E-state index in [1.165, 1.54) is 32.4 Å². The van der Waals surface area contributed by atoms with Crippen molar-refractivity contribution in [3.8, 4) is 0 Å². The zero-order valence-electron chi connectivity index (χ0n) is 10.3. The lowest BCUT2D eigenvalue weighted by Gasteiger charge is -2.21. The quantitative estimate of drug-likeness (QED) is 0.907. The maximum atomic E-state index is 13.8. The Morgan fingerprint density at radius 2 is 2.22 bits per heavy atom. The summed E-state index contributed by atoms with van der Waals surface area (Å²) < 4.78 is 13.8. The molecule has 2 fully saturated rings. The van der Waals surface area contributed by atoms with Crippen molar-refractivity contribution in [2.75, 3.05) is 13.1 Å². The van der Waals surface area contributed by atoms with Crippen molar-refractivity contribution in [1.29, 1.82) is 0 Å². The van der Waals surface area contributed by atoms with Gasteiger partial charge in [-0.3, -0.25) is 4.90 Å². The maximum absolute atomic E-state index is 13.8. The molecular weight excluding hydrogens is 251 g/mol. The third-order valence-electron chi connectivity index (χ3n) is 4.19. The van der Waals surface area contributed by atoms with E-state index in [0.717, 1.165) is 0 Å². The van der Waals surface area contributed by atoms with Crippen LogP contribution in [0.3, 0.4) is 0 Å². The number of hydrogen-bond acceptors (Lipinski definition) is 2. The van der Waals surface area contributed by atoms with E-state index in [1.54, 1.807) is 18.2 Å².